The quantitative estimate of drug-likeness (QED) is 0.912. The molecule has 1 N–H and O–H groups in total. The molecule has 1 heterocycles. The van der Waals surface area contributed by atoms with Gasteiger partial charge in [-0.1, -0.05) is 12.1 Å². The molecule has 0 saturated heterocycles. The van der Waals surface area contributed by atoms with Crippen LogP contribution < -0.4 is 0 Å². The first kappa shape index (κ1) is 13.1. The lowest BCUT2D eigenvalue weighted by Gasteiger charge is -2.12. The molecule has 97 valence electrons. The number of benzene rings is 1. The van der Waals surface area contributed by atoms with E-state index in [-0.39, 0.29) is 5.88 Å². The third-order valence-electron chi connectivity index (χ3n) is 2.73. The van der Waals surface area contributed by atoms with Crippen LogP contribution in [0.3, 0.4) is 0 Å². The Labute approximate surface area is 111 Å². The van der Waals surface area contributed by atoms with Crippen molar-refractivity contribution in [3.05, 3.63) is 42.9 Å². The second kappa shape index (κ2) is 5.55. The molecule has 5 heteroatoms. The molecule has 2 rings (SSSR count). The third kappa shape index (κ3) is 2.59. The summed E-state index contributed by atoms with van der Waals surface area (Å²) in [7, 11) is 0. The minimum Gasteiger partial charge on any atom is -0.493 e. The molecule has 0 aliphatic rings. The Bertz CT molecular complexity index is 596. The van der Waals surface area contributed by atoms with Gasteiger partial charge in [-0.2, -0.15) is 10.4 Å². The SMILES string of the molecule is [CH2]C(OCC)n1ncc(-c2ccc(C#N)cc2)c1O. The maximum Gasteiger partial charge on any atom is 0.219 e. The molecule has 1 aromatic carbocycles. The van der Waals surface area contributed by atoms with E-state index < -0.39 is 6.23 Å². The topological polar surface area (TPSA) is 71.1 Å². The standard InChI is InChI=1S/C14H14N3O2/c1-3-19-10(2)17-14(18)13(9-16-17)12-6-4-11(8-15)5-7-12/h4-7,9-10,18H,2-3H2,1H3. The molecule has 0 saturated carbocycles. The van der Waals surface area contributed by atoms with Gasteiger partial charge >= 0.3 is 0 Å². The zero-order chi connectivity index (χ0) is 13.8. The minimum absolute atomic E-state index is 0.00171. The van der Waals surface area contributed by atoms with Gasteiger partial charge in [0.05, 0.1) is 23.4 Å². The number of aromatic nitrogens is 2. The van der Waals surface area contributed by atoms with Gasteiger partial charge in [-0.05, 0) is 31.5 Å². The number of aromatic hydroxyl groups is 1. The van der Waals surface area contributed by atoms with Gasteiger partial charge in [0.1, 0.15) is 0 Å². The van der Waals surface area contributed by atoms with Crippen molar-refractivity contribution in [2.45, 2.75) is 13.2 Å². The van der Waals surface area contributed by atoms with Crippen LogP contribution in [-0.2, 0) is 4.74 Å². The summed E-state index contributed by atoms with van der Waals surface area (Å²) in [5, 5.41) is 22.9. The van der Waals surface area contributed by atoms with E-state index in [0.29, 0.717) is 17.7 Å². The van der Waals surface area contributed by atoms with Crippen molar-refractivity contribution < 1.29 is 9.84 Å². The Morgan fingerprint density at radius 2 is 2.16 bits per heavy atom. The molecule has 19 heavy (non-hydrogen) atoms. The Morgan fingerprint density at radius 1 is 1.47 bits per heavy atom. The van der Waals surface area contributed by atoms with Crippen LogP contribution in [0, 0.1) is 18.3 Å². The van der Waals surface area contributed by atoms with Crippen molar-refractivity contribution in [3.8, 4) is 23.1 Å². The summed E-state index contributed by atoms with van der Waals surface area (Å²) in [6.45, 7) is 6.10. The minimum atomic E-state index is -0.572. The number of nitriles is 1. The van der Waals surface area contributed by atoms with E-state index in [1.165, 1.54) is 4.68 Å². The van der Waals surface area contributed by atoms with Crippen molar-refractivity contribution in [3.63, 3.8) is 0 Å². The Morgan fingerprint density at radius 3 is 2.74 bits per heavy atom. The van der Waals surface area contributed by atoms with Crippen LogP contribution in [0.2, 0.25) is 0 Å². The molecule has 1 aromatic heterocycles. The lowest BCUT2D eigenvalue weighted by atomic mass is 10.1. The van der Waals surface area contributed by atoms with E-state index in [0.717, 1.165) is 5.56 Å². The van der Waals surface area contributed by atoms with Gasteiger partial charge in [0, 0.05) is 6.61 Å². The molecule has 1 unspecified atom stereocenters. The van der Waals surface area contributed by atoms with Crippen molar-refractivity contribution in [2.75, 3.05) is 6.61 Å². The fourth-order valence-electron chi connectivity index (χ4n) is 1.76. The Hall–Kier alpha value is -2.32. The van der Waals surface area contributed by atoms with E-state index in [2.05, 4.69) is 12.0 Å². The van der Waals surface area contributed by atoms with E-state index >= 15 is 0 Å². The van der Waals surface area contributed by atoms with Crippen LogP contribution in [0.5, 0.6) is 5.88 Å². The maximum absolute atomic E-state index is 10.1. The molecule has 0 fully saturated rings. The lowest BCUT2D eigenvalue weighted by molar-refractivity contribution is 0.0305. The maximum atomic E-state index is 10.1. The van der Waals surface area contributed by atoms with Crippen LogP contribution >= 0.6 is 0 Å². The van der Waals surface area contributed by atoms with Crippen LogP contribution in [0.4, 0.5) is 0 Å². The summed E-state index contributed by atoms with van der Waals surface area (Å²) in [6.07, 6.45) is 0.977. The van der Waals surface area contributed by atoms with Crippen molar-refractivity contribution in [2.24, 2.45) is 0 Å². The highest BCUT2D eigenvalue weighted by atomic mass is 16.5. The van der Waals surface area contributed by atoms with E-state index in [1.54, 1.807) is 30.5 Å². The van der Waals surface area contributed by atoms with Gasteiger partial charge in [-0.15, -0.1) is 0 Å². The van der Waals surface area contributed by atoms with E-state index in [4.69, 9.17) is 10.00 Å². The first-order chi connectivity index (χ1) is 9.17. The van der Waals surface area contributed by atoms with Gasteiger partial charge < -0.3 is 9.84 Å². The zero-order valence-corrected chi connectivity index (χ0v) is 10.6. The van der Waals surface area contributed by atoms with Gasteiger partial charge in [0.25, 0.3) is 0 Å². The molecular weight excluding hydrogens is 242 g/mol. The predicted molar refractivity (Wildman–Crippen MR) is 70.1 cm³/mol. The first-order valence-electron chi connectivity index (χ1n) is 5.89. The second-order valence-corrected chi connectivity index (χ2v) is 3.93. The van der Waals surface area contributed by atoms with E-state index in [9.17, 15) is 5.11 Å². The molecule has 1 atom stereocenters. The molecule has 2 aromatic rings. The summed E-state index contributed by atoms with van der Waals surface area (Å²) in [5.41, 5.74) is 1.93. The molecule has 0 bridgehead atoms. The summed E-state index contributed by atoms with van der Waals surface area (Å²) < 4.78 is 6.60. The average molecular weight is 256 g/mol. The van der Waals surface area contributed by atoms with Crippen molar-refractivity contribution >= 4 is 0 Å². The number of hydrogen-bond donors (Lipinski definition) is 1. The monoisotopic (exact) mass is 256 g/mol. The van der Waals surface area contributed by atoms with Gasteiger partial charge in [0.2, 0.25) is 5.88 Å². The predicted octanol–water partition coefficient (Wildman–Crippen LogP) is 2.50. The summed E-state index contributed by atoms with van der Waals surface area (Å²) in [5.74, 6) is -0.00171. The highest BCUT2D eigenvalue weighted by Crippen LogP contribution is 2.31. The first-order valence-corrected chi connectivity index (χ1v) is 5.89. The second-order valence-electron chi connectivity index (χ2n) is 3.93. The fourth-order valence-corrected chi connectivity index (χ4v) is 1.76. The highest BCUT2D eigenvalue weighted by molar-refractivity contribution is 5.68. The lowest BCUT2D eigenvalue weighted by Crippen LogP contribution is -2.10. The fraction of sp³-hybridized carbons (Fsp3) is 0.214. The molecule has 0 amide bonds. The summed E-state index contributed by atoms with van der Waals surface area (Å²) >= 11 is 0. The van der Waals surface area contributed by atoms with Crippen LogP contribution in [0.15, 0.2) is 30.5 Å². The molecule has 1 radical (unpaired) electrons. The number of rotatable bonds is 4. The van der Waals surface area contributed by atoms with Crippen molar-refractivity contribution in [1.82, 2.24) is 9.78 Å². The van der Waals surface area contributed by atoms with Gasteiger partial charge in [-0.3, -0.25) is 0 Å². The van der Waals surface area contributed by atoms with Crippen LogP contribution in [0.1, 0.15) is 18.7 Å². The molecule has 0 aliphatic carbocycles. The Balaban J connectivity index is 2.33. The normalized spacial score (nSPS) is 12.1. The van der Waals surface area contributed by atoms with Gasteiger partial charge in [0.15, 0.2) is 6.23 Å². The smallest absolute Gasteiger partial charge is 0.219 e. The van der Waals surface area contributed by atoms with Crippen LogP contribution in [0.25, 0.3) is 11.1 Å². The molecular formula is C14H14N3O2. The number of hydrogen-bond acceptors (Lipinski definition) is 4. The number of nitrogens with zero attached hydrogens (tertiary/aromatic N) is 3. The molecule has 5 nitrogen and oxygen atoms in total. The zero-order valence-electron chi connectivity index (χ0n) is 10.6. The summed E-state index contributed by atoms with van der Waals surface area (Å²) in [4.78, 5) is 0. The van der Waals surface area contributed by atoms with Crippen LogP contribution in [-0.4, -0.2) is 21.5 Å². The highest BCUT2D eigenvalue weighted by Gasteiger charge is 2.15. The molecule has 0 spiro atoms. The van der Waals surface area contributed by atoms with E-state index in [1.807, 2.05) is 13.0 Å². The third-order valence-corrected chi connectivity index (χ3v) is 2.73. The number of ether oxygens (including phenoxy) is 1. The average Bonchev–Trinajstić information content (AvgIpc) is 2.81. The summed E-state index contributed by atoms with van der Waals surface area (Å²) in [6, 6.07) is 8.95. The van der Waals surface area contributed by atoms with Crippen molar-refractivity contribution in [1.29, 1.82) is 5.26 Å². The molecule has 0 aliphatic heterocycles. The largest absolute Gasteiger partial charge is 0.493 e. The van der Waals surface area contributed by atoms with Gasteiger partial charge in [-0.25, -0.2) is 4.68 Å². The Kier molecular flexibility index (Phi) is 3.83.